The molecule has 3 N–H and O–H groups in total. The number of anilines is 1. The number of hydrogen-bond donors (Lipinski definition) is 2. The monoisotopic (exact) mass is 367 g/mol. The summed E-state index contributed by atoms with van der Waals surface area (Å²) >= 11 is 1.63. The molecule has 0 bridgehead atoms. The van der Waals surface area contributed by atoms with E-state index < -0.39 is 0 Å². The Kier molecular flexibility index (Phi) is 7.33. The zero-order valence-electron chi connectivity index (χ0n) is 13.4. The minimum atomic E-state index is 0. The number of hydrogen-bond acceptors (Lipinski definition) is 6. The van der Waals surface area contributed by atoms with E-state index in [4.69, 9.17) is 10.5 Å². The number of halogens is 1. The van der Waals surface area contributed by atoms with Crippen LogP contribution in [0.25, 0.3) is 0 Å². The molecule has 0 radical (unpaired) electrons. The van der Waals surface area contributed by atoms with Crippen molar-refractivity contribution < 1.29 is 9.84 Å². The summed E-state index contributed by atoms with van der Waals surface area (Å²) < 4.78 is 5.42. The lowest BCUT2D eigenvalue weighted by atomic mass is 10.2. The molecular formula is C17H22ClN3O2S. The summed E-state index contributed by atoms with van der Waals surface area (Å²) in [5, 5.41) is 9.51. The second-order valence-electron chi connectivity index (χ2n) is 5.28. The highest BCUT2D eigenvalue weighted by atomic mass is 35.5. The molecule has 2 heterocycles. The molecule has 130 valence electrons. The van der Waals surface area contributed by atoms with Gasteiger partial charge >= 0.3 is 0 Å². The molecule has 5 nitrogen and oxygen atoms in total. The molecule has 0 unspecified atom stereocenters. The highest BCUT2D eigenvalue weighted by molar-refractivity contribution is 7.99. The van der Waals surface area contributed by atoms with Crippen molar-refractivity contribution in [3.8, 4) is 0 Å². The van der Waals surface area contributed by atoms with Gasteiger partial charge in [-0.15, -0.1) is 12.4 Å². The lowest BCUT2D eigenvalue weighted by Gasteiger charge is -2.30. The van der Waals surface area contributed by atoms with Gasteiger partial charge in [-0.25, -0.2) is 4.98 Å². The molecule has 0 atom stereocenters. The SMILES string of the molecule is Cl.NCc1c(Sc2ccccc2CO)ccnc1N1CCOCC1. The molecular weight excluding hydrogens is 346 g/mol. The second-order valence-corrected chi connectivity index (χ2v) is 6.37. The molecule has 0 aliphatic carbocycles. The van der Waals surface area contributed by atoms with Gasteiger partial charge < -0.3 is 20.5 Å². The van der Waals surface area contributed by atoms with Gasteiger partial charge in [0.1, 0.15) is 5.82 Å². The molecule has 1 saturated heterocycles. The predicted octanol–water partition coefficient (Wildman–Crippen LogP) is 2.44. The van der Waals surface area contributed by atoms with Gasteiger partial charge in [-0.2, -0.15) is 0 Å². The number of benzene rings is 1. The number of aliphatic hydroxyl groups excluding tert-OH is 1. The van der Waals surface area contributed by atoms with Crippen molar-refractivity contribution in [2.24, 2.45) is 5.73 Å². The summed E-state index contributed by atoms with van der Waals surface area (Å²) in [6.07, 6.45) is 1.83. The smallest absolute Gasteiger partial charge is 0.134 e. The molecule has 24 heavy (non-hydrogen) atoms. The number of aliphatic hydroxyl groups is 1. The summed E-state index contributed by atoms with van der Waals surface area (Å²) in [4.78, 5) is 8.91. The van der Waals surface area contributed by atoms with Crippen LogP contribution in [0.5, 0.6) is 0 Å². The van der Waals surface area contributed by atoms with Gasteiger partial charge in [0.15, 0.2) is 0 Å². The van der Waals surface area contributed by atoms with Crippen molar-refractivity contribution >= 4 is 30.0 Å². The number of morpholine rings is 1. The zero-order valence-corrected chi connectivity index (χ0v) is 15.0. The van der Waals surface area contributed by atoms with Crippen molar-refractivity contribution in [2.75, 3.05) is 31.2 Å². The number of nitrogens with two attached hydrogens (primary N) is 1. The van der Waals surface area contributed by atoms with E-state index in [-0.39, 0.29) is 19.0 Å². The van der Waals surface area contributed by atoms with E-state index in [0.717, 1.165) is 53.0 Å². The van der Waals surface area contributed by atoms with Gasteiger partial charge in [0.25, 0.3) is 0 Å². The van der Waals surface area contributed by atoms with E-state index in [1.165, 1.54) is 0 Å². The third-order valence-corrected chi connectivity index (χ3v) is 5.09. The van der Waals surface area contributed by atoms with Crippen LogP contribution in [-0.2, 0) is 17.9 Å². The van der Waals surface area contributed by atoms with Gasteiger partial charge in [-0.05, 0) is 17.7 Å². The maximum atomic E-state index is 9.51. The Balaban J connectivity index is 0.00000208. The van der Waals surface area contributed by atoms with Crippen LogP contribution in [0.15, 0.2) is 46.3 Å². The van der Waals surface area contributed by atoms with Gasteiger partial charge in [0, 0.05) is 41.2 Å². The number of pyridine rings is 1. The molecule has 0 saturated carbocycles. The molecule has 1 aromatic carbocycles. The first kappa shape index (κ1) is 19.0. The minimum Gasteiger partial charge on any atom is -0.392 e. The second kappa shape index (κ2) is 9.25. The van der Waals surface area contributed by atoms with Crippen molar-refractivity contribution in [3.05, 3.63) is 47.7 Å². The third-order valence-electron chi connectivity index (χ3n) is 3.87. The van der Waals surface area contributed by atoms with E-state index >= 15 is 0 Å². The molecule has 1 fully saturated rings. The largest absolute Gasteiger partial charge is 0.392 e. The van der Waals surface area contributed by atoms with E-state index in [0.29, 0.717) is 6.54 Å². The van der Waals surface area contributed by atoms with E-state index in [2.05, 4.69) is 9.88 Å². The Morgan fingerprint density at radius 3 is 2.62 bits per heavy atom. The summed E-state index contributed by atoms with van der Waals surface area (Å²) in [6, 6.07) is 9.86. The highest BCUT2D eigenvalue weighted by Gasteiger charge is 2.18. The van der Waals surface area contributed by atoms with Gasteiger partial charge in [0.2, 0.25) is 0 Å². The van der Waals surface area contributed by atoms with Crippen molar-refractivity contribution in [1.29, 1.82) is 0 Å². The molecule has 1 aromatic heterocycles. The van der Waals surface area contributed by atoms with Crippen LogP contribution >= 0.6 is 24.2 Å². The average Bonchev–Trinajstić information content (AvgIpc) is 2.62. The Hall–Kier alpha value is -1.31. The standard InChI is InChI=1S/C17H21N3O2S.ClH/c18-11-14-16(23-15-4-2-1-3-13(15)12-21)5-6-19-17(14)20-7-9-22-10-8-20;/h1-6,21H,7-12,18H2;1H. The number of aromatic nitrogens is 1. The van der Waals surface area contributed by atoms with Gasteiger partial charge in [-0.3, -0.25) is 0 Å². The average molecular weight is 368 g/mol. The summed E-state index contributed by atoms with van der Waals surface area (Å²) in [5.41, 5.74) is 7.99. The highest BCUT2D eigenvalue weighted by Crippen LogP contribution is 2.35. The van der Waals surface area contributed by atoms with Crippen molar-refractivity contribution in [2.45, 2.75) is 22.9 Å². The normalized spacial score (nSPS) is 14.3. The molecule has 3 rings (SSSR count). The van der Waals surface area contributed by atoms with E-state index in [1.807, 2.05) is 36.5 Å². The van der Waals surface area contributed by atoms with Crippen molar-refractivity contribution in [1.82, 2.24) is 4.98 Å². The summed E-state index contributed by atoms with van der Waals surface area (Å²) in [7, 11) is 0. The number of ether oxygens (including phenoxy) is 1. The molecule has 7 heteroatoms. The molecule has 1 aliphatic rings. The maximum absolute atomic E-state index is 9.51. The van der Waals surface area contributed by atoms with Crippen LogP contribution in [0.3, 0.4) is 0 Å². The molecule has 2 aromatic rings. The lowest BCUT2D eigenvalue weighted by Crippen LogP contribution is -2.37. The van der Waals surface area contributed by atoms with Crippen LogP contribution in [0.4, 0.5) is 5.82 Å². The van der Waals surface area contributed by atoms with E-state index in [1.54, 1.807) is 11.8 Å². The molecule has 1 aliphatic heterocycles. The van der Waals surface area contributed by atoms with Crippen LogP contribution < -0.4 is 10.6 Å². The fourth-order valence-electron chi connectivity index (χ4n) is 2.65. The quantitative estimate of drug-likeness (QED) is 0.845. The van der Waals surface area contributed by atoms with Gasteiger partial charge in [-0.1, -0.05) is 30.0 Å². The van der Waals surface area contributed by atoms with Crippen LogP contribution in [0.1, 0.15) is 11.1 Å². The lowest BCUT2D eigenvalue weighted by molar-refractivity contribution is 0.122. The first-order chi connectivity index (χ1) is 11.3. The number of rotatable bonds is 5. The Labute approximate surface area is 152 Å². The Bertz CT molecular complexity index is 666. The summed E-state index contributed by atoms with van der Waals surface area (Å²) in [6.45, 7) is 3.57. The fourth-order valence-corrected chi connectivity index (χ4v) is 3.73. The van der Waals surface area contributed by atoms with Crippen LogP contribution in [0, 0.1) is 0 Å². The van der Waals surface area contributed by atoms with Crippen LogP contribution in [-0.4, -0.2) is 36.4 Å². The maximum Gasteiger partial charge on any atom is 0.134 e. The molecule has 0 amide bonds. The fraction of sp³-hybridized carbons (Fsp3) is 0.353. The van der Waals surface area contributed by atoms with E-state index in [9.17, 15) is 5.11 Å². The Morgan fingerprint density at radius 2 is 1.92 bits per heavy atom. The van der Waals surface area contributed by atoms with Crippen LogP contribution in [0.2, 0.25) is 0 Å². The Morgan fingerprint density at radius 1 is 1.17 bits per heavy atom. The minimum absolute atomic E-state index is 0. The molecule has 0 spiro atoms. The summed E-state index contributed by atoms with van der Waals surface area (Å²) in [5.74, 6) is 0.947. The van der Waals surface area contributed by atoms with Gasteiger partial charge in [0.05, 0.1) is 19.8 Å². The number of nitrogens with zero attached hydrogens (tertiary/aromatic N) is 2. The predicted molar refractivity (Wildman–Crippen MR) is 98.9 cm³/mol. The first-order valence-electron chi connectivity index (χ1n) is 7.70. The third kappa shape index (κ3) is 4.20. The first-order valence-corrected chi connectivity index (χ1v) is 8.52. The zero-order chi connectivity index (χ0) is 16.1. The van der Waals surface area contributed by atoms with Crippen molar-refractivity contribution in [3.63, 3.8) is 0 Å². The topological polar surface area (TPSA) is 71.6 Å².